The summed E-state index contributed by atoms with van der Waals surface area (Å²) in [6.07, 6.45) is 1.67. The third-order valence-electron chi connectivity index (χ3n) is 6.87. The van der Waals surface area contributed by atoms with Crippen molar-refractivity contribution in [3.8, 4) is 0 Å². The molecule has 6 nitrogen and oxygen atoms in total. The Morgan fingerprint density at radius 3 is 2.68 bits per heavy atom. The summed E-state index contributed by atoms with van der Waals surface area (Å²) in [7, 11) is -0.734. The maximum absolute atomic E-state index is 14.6. The lowest BCUT2D eigenvalue weighted by atomic mass is 9.75. The van der Waals surface area contributed by atoms with Gasteiger partial charge < -0.3 is 18.9 Å². The quantitative estimate of drug-likeness (QED) is 0.497. The van der Waals surface area contributed by atoms with E-state index in [0.717, 1.165) is 5.56 Å². The number of halogens is 1. The first-order valence-corrected chi connectivity index (χ1v) is 11.5. The molecule has 0 spiro atoms. The van der Waals surface area contributed by atoms with Gasteiger partial charge in [-0.1, -0.05) is 30.8 Å². The van der Waals surface area contributed by atoms with Gasteiger partial charge in [0.2, 0.25) is 0 Å². The van der Waals surface area contributed by atoms with E-state index < -0.39 is 24.4 Å². The maximum atomic E-state index is 14.6. The molecule has 0 bridgehead atoms. The normalized spacial score (nSPS) is 20.1. The number of carbonyl (C=O) groups is 2. The molecule has 0 N–H and O–H groups in total. The highest BCUT2D eigenvalue weighted by Gasteiger charge is 2.46. The van der Waals surface area contributed by atoms with Crippen molar-refractivity contribution >= 4 is 30.1 Å². The van der Waals surface area contributed by atoms with Crippen molar-refractivity contribution < 1.29 is 28.0 Å². The summed E-state index contributed by atoms with van der Waals surface area (Å²) in [5, 5.41) is 0. The lowest BCUT2D eigenvalue weighted by molar-refractivity contribution is -0.142. The molecule has 34 heavy (non-hydrogen) atoms. The zero-order valence-corrected chi connectivity index (χ0v) is 19.7. The van der Waals surface area contributed by atoms with Gasteiger partial charge >= 0.3 is 13.1 Å². The molecule has 2 heterocycles. The van der Waals surface area contributed by atoms with Crippen molar-refractivity contribution in [2.75, 3.05) is 11.4 Å². The Kier molecular flexibility index (Phi) is 5.32. The third-order valence-corrected chi connectivity index (χ3v) is 6.87. The van der Waals surface area contributed by atoms with Crippen molar-refractivity contribution in [3.63, 3.8) is 0 Å². The molecule has 1 saturated heterocycles. The molecule has 5 rings (SSSR count). The van der Waals surface area contributed by atoms with Gasteiger partial charge in [-0.15, -0.1) is 0 Å². The standard InChI is InChI=1S/C26H27BFNO5/c1-16-25(3,4)34-27(33-16)22-6-5-7-23(21(22)15-32-17(2)30)29-13-10-18-14-19(26(28)11-12-26)8-9-20(18)24(29)31/h5-9,14H,1,10-13,15H2,2-4H3. The average Bonchev–Trinajstić information content (AvgIpc) is 3.48. The van der Waals surface area contributed by atoms with Crippen LogP contribution in [0.2, 0.25) is 0 Å². The number of alkyl halides is 1. The monoisotopic (exact) mass is 463 g/mol. The van der Waals surface area contributed by atoms with Crippen LogP contribution < -0.4 is 10.4 Å². The summed E-state index contributed by atoms with van der Waals surface area (Å²) in [6.45, 7) is 9.41. The Morgan fingerprint density at radius 2 is 2.03 bits per heavy atom. The van der Waals surface area contributed by atoms with Crippen LogP contribution in [0.1, 0.15) is 60.7 Å². The Hall–Kier alpha value is -3.13. The number of fused-ring (bicyclic) bond motifs is 1. The molecule has 3 aliphatic rings. The Labute approximate surface area is 198 Å². The van der Waals surface area contributed by atoms with Crippen LogP contribution >= 0.6 is 0 Å². The van der Waals surface area contributed by atoms with Crippen molar-refractivity contribution in [3.05, 3.63) is 71.0 Å². The second-order valence-electron chi connectivity index (χ2n) is 9.67. The van der Waals surface area contributed by atoms with Crippen LogP contribution in [0.3, 0.4) is 0 Å². The first-order valence-electron chi connectivity index (χ1n) is 11.5. The summed E-state index contributed by atoms with van der Waals surface area (Å²) >= 11 is 0. The fraction of sp³-hybridized carbons (Fsp3) is 0.385. The number of esters is 1. The number of carbonyl (C=O) groups excluding carboxylic acids is 2. The second-order valence-corrected chi connectivity index (χ2v) is 9.67. The number of benzene rings is 2. The highest BCUT2D eigenvalue weighted by atomic mass is 19.1. The van der Waals surface area contributed by atoms with Gasteiger partial charge in [0.1, 0.15) is 17.9 Å². The predicted octanol–water partition coefficient (Wildman–Crippen LogP) is 3.95. The largest absolute Gasteiger partial charge is 0.563 e. The summed E-state index contributed by atoms with van der Waals surface area (Å²) in [6, 6.07) is 10.8. The fourth-order valence-corrected chi connectivity index (χ4v) is 4.55. The van der Waals surface area contributed by atoms with Gasteiger partial charge in [-0.3, -0.25) is 9.59 Å². The van der Waals surface area contributed by atoms with E-state index in [1.807, 2.05) is 38.1 Å². The molecule has 8 heteroatoms. The minimum Gasteiger partial charge on any atom is -0.534 e. The van der Waals surface area contributed by atoms with Gasteiger partial charge in [0.25, 0.3) is 5.91 Å². The summed E-state index contributed by atoms with van der Waals surface area (Å²) in [5.74, 6) is -0.0982. The minimum atomic E-state index is -1.24. The van der Waals surface area contributed by atoms with Gasteiger partial charge in [0.05, 0.1) is 11.4 Å². The van der Waals surface area contributed by atoms with Crippen LogP contribution in [-0.4, -0.2) is 31.1 Å². The molecular formula is C26H27BFNO5. The van der Waals surface area contributed by atoms with E-state index in [2.05, 4.69) is 6.58 Å². The SMILES string of the molecule is C=C1OB(c2cccc(N3CCc4cc(C5(F)CC5)ccc4C3=O)c2COC(C)=O)OC1(C)C. The van der Waals surface area contributed by atoms with Crippen LogP contribution in [0, 0.1) is 0 Å². The lowest BCUT2D eigenvalue weighted by Gasteiger charge is -2.31. The molecular weight excluding hydrogens is 436 g/mol. The molecule has 2 aromatic rings. The van der Waals surface area contributed by atoms with Crippen LogP contribution in [0.5, 0.6) is 0 Å². The Balaban J connectivity index is 1.51. The molecule has 1 saturated carbocycles. The van der Waals surface area contributed by atoms with E-state index >= 15 is 0 Å². The molecule has 0 atom stereocenters. The van der Waals surface area contributed by atoms with Crippen LogP contribution in [0.4, 0.5) is 10.1 Å². The first kappa shape index (κ1) is 22.7. The zero-order valence-electron chi connectivity index (χ0n) is 19.7. The topological polar surface area (TPSA) is 65.1 Å². The average molecular weight is 463 g/mol. The third kappa shape index (κ3) is 3.90. The number of ether oxygens (including phenoxy) is 1. The summed E-state index contributed by atoms with van der Waals surface area (Å²) < 4.78 is 31.9. The lowest BCUT2D eigenvalue weighted by Crippen LogP contribution is -2.42. The number of amides is 1. The molecule has 2 fully saturated rings. The summed E-state index contributed by atoms with van der Waals surface area (Å²) in [4.78, 5) is 26.8. The second kappa shape index (κ2) is 7.98. The van der Waals surface area contributed by atoms with Crippen molar-refractivity contribution in [1.82, 2.24) is 0 Å². The molecule has 2 aliphatic heterocycles. The van der Waals surface area contributed by atoms with Crippen LogP contribution in [0.25, 0.3) is 0 Å². The van der Waals surface area contributed by atoms with Crippen LogP contribution in [-0.2, 0) is 37.5 Å². The Bertz CT molecular complexity index is 1210. The van der Waals surface area contributed by atoms with Crippen molar-refractivity contribution in [2.24, 2.45) is 0 Å². The predicted molar refractivity (Wildman–Crippen MR) is 127 cm³/mol. The molecule has 0 aromatic heterocycles. The van der Waals surface area contributed by atoms with Crippen LogP contribution in [0.15, 0.2) is 48.7 Å². The van der Waals surface area contributed by atoms with Gasteiger partial charge in [-0.05, 0) is 56.4 Å². The van der Waals surface area contributed by atoms with E-state index in [0.29, 0.717) is 59.4 Å². The van der Waals surface area contributed by atoms with Gasteiger partial charge in [0.15, 0.2) is 0 Å². The highest BCUT2D eigenvalue weighted by Crippen LogP contribution is 2.50. The van der Waals surface area contributed by atoms with Gasteiger partial charge in [-0.25, -0.2) is 4.39 Å². The zero-order chi connectivity index (χ0) is 24.3. The van der Waals surface area contributed by atoms with Gasteiger partial charge in [-0.2, -0.15) is 0 Å². The molecule has 0 radical (unpaired) electrons. The smallest absolute Gasteiger partial charge is 0.534 e. The molecule has 1 aliphatic carbocycles. The number of hydrogen-bond donors (Lipinski definition) is 0. The Morgan fingerprint density at radius 1 is 1.26 bits per heavy atom. The minimum absolute atomic E-state index is 0.0308. The van der Waals surface area contributed by atoms with Gasteiger partial charge in [0, 0.05) is 30.1 Å². The summed E-state index contributed by atoms with van der Waals surface area (Å²) in [5.41, 5.74) is 2.11. The molecule has 2 aromatic carbocycles. The number of nitrogens with zero attached hydrogens (tertiary/aromatic N) is 1. The first-order chi connectivity index (χ1) is 16.1. The van der Waals surface area contributed by atoms with E-state index in [9.17, 15) is 14.0 Å². The maximum Gasteiger partial charge on any atom is 0.563 e. The molecule has 176 valence electrons. The fourth-order valence-electron chi connectivity index (χ4n) is 4.55. The number of hydrogen-bond acceptors (Lipinski definition) is 5. The molecule has 1 amide bonds. The van der Waals surface area contributed by atoms with E-state index in [4.69, 9.17) is 14.0 Å². The van der Waals surface area contributed by atoms with Crippen molar-refractivity contribution in [1.29, 1.82) is 0 Å². The van der Waals surface area contributed by atoms with Crippen molar-refractivity contribution in [2.45, 2.75) is 57.9 Å². The van der Waals surface area contributed by atoms with E-state index in [-0.39, 0.29) is 12.5 Å². The number of rotatable bonds is 5. The van der Waals surface area contributed by atoms with E-state index in [1.54, 1.807) is 17.0 Å². The molecule has 0 unspecified atom stereocenters. The van der Waals surface area contributed by atoms with E-state index in [1.165, 1.54) is 6.92 Å². The highest BCUT2D eigenvalue weighted by molar-refractivity contribution is 6.63. The number of anilines is 1.